The average Bonchev–Trinajstić information content (AvgIpc) is 3.10. The zero-order chi connectivity index (χ0) is 19.3. The molecule has 0 spiro atoms. The van der Waals surface area contributed by atoms with E-state index in [1.54, 1.807) is 6.08 Å². The summed E-state index contributed by atoms with van der Waals surface area (Å²) in [5, 5.41) is 12.9. The van der Waals surface area contributed by atoms with Crippen LogP contribution in [0.5, 0.6) is 0 Å². The molecule has 27 heavy (non-hydrogen) atoms. The molecule has 1 aliphatic rings. The smallest absolute Gasteiger partial charge is 0.331 e. The Hall–Kier alpha value is -2.72. The highest BCUT2D eigenvalue weighted by atomic mass is 32.1. The minimum absolute atomic E-state index is 0.444. The second-order valence-electron chi connectivity index (χ2n) is 6.68. The first-order valence-corrected chi connectivity index (χ1v) is 9.80. The lowest BCUT2D eigenvalue weighted by atomic mass is 9.83. The second kappa shape index (κ2) is 8.31. The number of ether oxygens (including phenoxy) is 1. The first kappa shape index (κ1) is 19.1. The van der Waals surface area contributed by atoms with E-state index in [2.05, 4.69) is 16.4 Å². The number of amides is 1. The van der Waals surface area contributed by atoms with E-state index in [-0.39, 0.29) is 0 Å². The largest absolute Gasteiger partial charge is 0.449 e. The predicted molar refractivity (Wildman–Crippen MR) is 104 cm³/mol. The van der Waals surface area contributed by atoms with Gasteiger partial charge in [0, 0.05) is 6.08 Å². The zero-order valence-electron chi connectivity index (χ0n) is 15.1. The minimum atomic E-state index is -0.968. The standard InChI is InChI=1S/C20H21N3O3S/c1-14(19(25)23-20(13-21)11-5-2-6-12-20)26-18(24)10-9-17-22-15-7-3-4-8-16(15)27-17/h3-4,7-10,14H,2,5-6,11-12H2,1H3,(H,23,25)/b10-9+/t14-/m1/s1. The van der Waals surface area contributed by atoms with Crippen molar-refractivity contribution in [3.63, 3.8) is 0 Å². The van der Waals surface area contributed by atoms with E-state index in [1.165, 1.54) is 24.3 Å². The molecule has 0 radical (unpaired) electrons. The van der Waals surface area contributed by atoms with Crippen molar-refractivity contribution in [1.29, 1.82) is 5.26 Å². The summed E-state index contributed by atoms with van der Waals surface area (Å²) in [5.41, 5.74) is 0.0323. The molecule has 0 saturated heterocycles. The van der Waals surface area contributed by atoms with E-state index in [9.17, 15) is 14.9 Å². The highest BCUT2D eigenvalue weighted by Crippen LogP contribution is 2.27. The molecule has 1 heterocycles. The normalized spacial score (nSPS) is 17.3. The van der Waals surface area contributed by atoms with Crippen molar-refractivity contribution >= 4 is 39.5 Å². The first-order valence-electron chi connectivity index (χ1n) is 8.99. The van der Waals surface area contributed by atoms with Crippen LogP contribution < -0.4 is 5.32 Å². The van der Waals surface area contributed by atoms with Gasteiger partial charge in [0.1, 0.15) is 10.5 Å². The summed E-state index contributed by atoms with van der Waals surface area (Å²) < 4.78 is 6.20. The molecular formula is C20H21N3O3S. The van der Waals surface area contributed by atoms with Gasteiger partial charge in [0.05, 0.1) is 16.3 Å². The van der Waals surface area contributed by atoms with Crippen molar-refractivity contribution in [3.05, 3.63) is 35.3 Å². The van der Waals surface area contributed by atoms with Crippen LogP contribution >= 0.6 is 11.3 Å². The van der Waals surface area contributed by atoms with Crippen molar-refractivity contribution in [1.82, 2.24) is 10.3 Å². The van der Waals surface area contributed by atoms with Gasteiger partial charge in [-0.1, -0.05) is 31.4 Å². The maximum atomic E-state index is 12.3. The van der Waals surface area contributed by atoms with Crippen LogP contribution in [0.25, 0.3) is 16.3 Å². The highest BCUT2D eigenvalue weighted by Gasteiger charge is 2.35. The van der Waals surface area contributed by atoms with Gasteiger partial charge in [-0.25, -0.2) is 9.78 Å². The fourth-order valence-corrected chi connectivity index (χ4v) is 4.00. The van der Waals surface area contributed by atoms with Gasteiger partial charge in [0.2, 0.25) is 0 Å². The number of benzene rings is 1. The lowest BCUT2D eigenvalue weighted by Crippen LogP contribution is -2.52. The number of hydrogen-bond donors (Lipinski definition) is 1. The van der Waals surface area contributed by atoms with Gasteiger partial charge in [0.25, 0.3) is 5.91 Å². The summed E-state index contributed by atoms with van der Waals surface area (Å²) in [4.78, 5) is 28.7. The van der Waals surface area contributed by atoms with Gasteiger partial charge in [-0.2, -0.15) is 5.26 Å². The highest BCUT2D eigenvalue weighted by molar-refractivity contribution is 7.19. The Kier molecular flexibility index (Phi) is 5.87. The first-order chi connectivity index (χ1) is 13.0. The van der Waals surface area contributed by atoms with Gasteiger partial charge in [-0.3, -0.25) is 4.79 Å². The molecule has 3 rings (SSSR count). The van der Waals surface area contributed by atoms with Crippen LogP contribution in [-0.2, 0) is 14.3 Å². The van der Waals surface area contributed by atoms with E-state index in [0.29, 0.717) is 17.8 Å². The van der Waals surface area contributed by atoms with Crippen LogP contribution in [0, 0.1) is 11.3 Å². The molecular weight excluding hydrogens is 362 g/mol. The third-order valence-corrected chi connectivity index (χ3v) is 5.62. The average molecular weight is 383 g/mol. The summed E-state index contributed by atoms with van der Waals surface area (Å²) in [6.45, 7) is 1.51. The van der Waals surface area contributed by atoms with E-state index < -0.39 is 23.5 Å². The van der Waals surface area contributed by atoms with Crippen LogP contribution in [0.1, 0.15) is 44.0 Å². The second-order valence-corrected chi connectivity index (χ2v) is 7.74. The van der Waals surface area contributed by atoms with Crippen LogP contribution in [0.15, 0.2) is 30.3 Å². The van der Waals surface area contributed by atoms with Crippen molar-refractivity contribution in [2.45, 2.75) is 50.7 Å². The van der Waals surface area contributed by atoms with Gasteiger partial charge in [-0.05, 0) is 38.0 Å². The Morgan fingerprint density at radius 3 is 2.78 bits per heavy atom. The van der Waals surface area contributed by atoms with Gasteiger partial charge >= 0.3 is 5.97 Å². The maximum Gasteiger partial charge on any atom is 0.331 e. The Labute approximate surface area is 161 Å². The maximum absolute atomic E-state index is 12.3. The van der Waals surface area contributed by atoms with E-state index in [4.69, 9.17) is 4.74 Å². The lowest BCUT2D eigenvalue weighted by molar-refractivity contribution is -0.150. The minimum Gasteiger partial charge on any atom is -0.449 e. The van der Waals surface area contributed by atoms with Crippen molar-refractivity contribution in [2.24, 2.45) is 0 Å². The number of hydrogen-bond acceptors (Lipinski definition) is 6. The van der Waals surface area contributed by atoms with E-state index >= 15 is 0 Å². The zero-order valence-corrected chi connectivity index (χ0v) is 15.9. The number of nitrogens with one attached hydrogen (secondary N) is 1. The van der Waals surface area contributed by atoms with Crippen LogP contribution in [0.3, 0.4) is 0 Å². The number of rotatable bonds is 5. The summed E-state index contributed by atoms with van der Waals surface area (Å²) >= 11 is 1.47. The third kappa shape index (κ3) is 4.72. The monoisotopic (exact) mass is 383 g/mol. The molecule has 1 fully saturated rings. The summed E-state index contributed by atoms with van der Waals surface area (Å²) in [6.07, 6.45) is 6.03. The Bertz CT molecular complexity index is 874. The Morgan fingerprint density at radius 1 is 1.33 bits per heavy atom. The molecule has 140 valence electrons. The number of fused-ring (bicyclic) bond motifs is 1. The van der Waals surface area contributed by atoms with Gasteiger partial charge in [-0.15, -0.1) is 11.3 Å². The number of thiazole rings is 1. The number of aromatic nitrogens is 1. The molecule has 1 N–H and O–H groups in total. The van der Waals surface area contributed by atoms with Crippen LogP contribution in [0.4, 0.5) is 0 Å². The molecule has 2 aromatic rings. The molecule has 0 bridgehead atoms. The number of carbonyl (C=O) groups excluding carboxylic acids is 2. The fourth-order valence-electron chi connectivity index (χ4n) is 3.13. The van der Waals surface area contributed by atoms with Gasteiger partial charge in [0.15, 0.2) is 6.10 Å². The molecule has 1 aliphatic carbocycles. The molecule has 0 aliphatic heterocycles. The quantitative estimate of drug-likeness (QED) is 0.629. The van der Waals surface area contributed by atoms with Gasteiger partial charge < -0.3 is 10.1 Å². The summed E-state index contributed by atoms with van der Waals surface area (Å²) in [5.74, 6) is -1.06. The number of para-hydroxylation sites is 1. The fraction of sp³-hybridized carbons (Fsp3) is 0.400. The van der Waals surface area contributed by atoms with Crippen LogP contribution in [0.2, 0.25) is 0 Å². The SMILES string of the molecule is C[C@@H](OC(=O)/C=C/c1nc2ccccc2s1)C(=O)NC1(C#N)CCCCC1. The molecule has 1 aromatic heterocycles. The summed E-state index contributed by atoms with van der Waals surface area (Å²) in [6, 6.07) is 9.93. The van der Waals surface area contributed by atoms with E-state index in [0.717, 1.165) is 29.5 Å². The summed E-state index contributed by atoms with van der Waals surface area (Å²) in [7, 11) is 0. The van der Waals surface area contributed by atoms with E-state index in [1.807, 2.05) is 24.3 Å². The predicted octanol–water partition coefficient (Wildman–Crippen LogP) is 3.58. The molecule has 1 amide bonds. The van der Waals surface area contributed by atoms with Crippen molar-refractivity contribution in [3.8, 4) is 6.07 Å². The van der Waals surface area contributed by atoms with Crippen LogP contribution in [-0.4, -0.2) is 28.5 Å². The molecule has 6 nitrogen and oxygen atoms in total. The molecule has 1 atom stereocenters. The molecule has 1 saturated carbocycles. The molecule has 1 aromatic carbocycles. The molecule has 7 heteroatoms. The number of nitrogens with zero attached hydrogens (tertiary/aromatic N) is 2. The number of carbonyl (C=O) groups is 2. The van der Waals surface area contributed by atoms with Crippen molar-refractivity contribution < 1.29 is 14.3 Å². The Balaban J connectivity index is 1.56. The lowest BCUT2D eigenvalue weighted by Gasteiger charge is -2.32. The third-order valence-electron chi connectivity index (χ3n) is 4.62. The number of nitriles is 1. The topological polar surface area (TPSA) is 92.1 Å². The molecule has 0 unspecified atom stereocenters. The Morgan fingerprint density at radius 2 is 2.07 bits per heavy atom. The number of esters is 1. The van der Waals surface area contributed by atoms with Crippen molar-refractivity contribution in [2.75, 3.05) is 0 Å².